The van der Waals surface area contributed by atoms with Gasteiger partial charge < -0.3 is 4.74 Å². The van der Waals surface area contributed by atoms with E-state index in [0.717, 1.165) is 22.3 Å². The zero-order valence-corrected chi connectivity index (χ0v) is 17.2. The molecule has 1 aliphatic heterocycles. The van der Waals surface area contributed by atoms with Crippen molar-refractivity contribution in [2.45, 2.75) is 45.6 Å². The van der Waals surface area contributed by atoms with Gasteiger partial charge in [0, 0.05) is 27.2 Å². The number of hydroxylamine groups is 2. The van der Waals surface area contributed by atoms with Crippen molar-refractivity contribution in [3.63, 3.8) is 0 Å². The molecule has 0 bridgehead atoms. The third kappa shape index (κ3) is 4.31. The summed E-state index contributed by atoms with van der Waals surface area (Å²) in [6.07, 6.45) is 0.669. The van der Waals surface area contributed by atoms with Crippen LogP contribution in [0.2, 0.25) is 0 Å². The molecule has 0 spiro atoms. The van der Waals surface area contributed by atoms with Gasteiger partial charge in [-0.1, -0.05) is 17.7 Å². The van der Waals surface area contributed by atoms with E-state index in [-0.39, 0.29) is 6.42 Å². The van der Waals surface area contributed by atoms with E-state index in [0.29, 0.717) is 31.0 Å². The van der Waals surface area contributed by atoms with Crippen LogP contribution in [-0.4, -0.2) is 72.0 Å². The third-order valence-electron chi connectivity index (χ3n) is 5.51. The summed E-state index contributed by atoms with van der Waals surface area (Å²) in [4.78, 5) is 25.4. The number of hydrogen-bond donors (Lipinski definition) is 1. The molecule has 7 heteroatoms. The maximum absolute atomic E-state index is 12.9. The SMILES string of the molecule is COC(=O)C1(N(O)C(=O)Cc2c(C)cc(C)cc2C)CCN(N(C)C)CC1. The predicted octanol–water partition coefficient (Wildman–Crippen LogP) is 1.86. The zero-order chi connectivity index (χ0) is 20.4. The normalized spacial score (nSPS) is 17.0. The summed E-state index contributed by atoms with van der Waals surface area (Å²) in [6.45, 7) is 7.02. The Labute approximate surface area is 161 Å². The molecule has 0 saturated carbocycles. The van der Waals surface area contributed by atoms with Crippen LogP contribution in [0.15, 0.2) is 12.1 Å². The molecule has 1 saturated heterocycles. The van der Waals surface area contributed by atoms with Crippen LogP contribution in [0.4, 0.5) is 0 Å². The highest BCUT2D eigenvalue weighted by Gasteiger charge is 2.50. The first kappa shape index (κ1) is 21.3. The van der Waals surface area contributed by atoms with E-state index in [4.69, 9.17) is 4.74 Å². The van der Waals surface area contributed by atoms with Gasteiger partial charge in [0.1, 0.15) is 0 Å². The molecule has 27 heavy (non-hydrogen) atoms. The highest BCUT2D eigenvalue weighted by atomic mass is 16.6. The van der Waals surface area contributed by atoms with E-state index in [2.05, 4.69) is 5.01 Å². The first-order valence-corrected chi connectivity index (χ1v) is 9.21. The number of methoxy groups -OCH3 is 1. The summed E-state index contributed by atoms with van der Waals surface area (Å²) < 4.78 is 4.95. The zero-order valence-electron chi connectivity index (χ0n) is 17.2. The minimum absolute atomic E-state index is 0.0462. The van der Waals surface area contributed by atoms with Crippen molar-refractivity contribution in [2.24, 2.45) is 0 Å². The average Bonchev–Trinajstić information content (AvgIpc) is 2.63. The number of aryl methyl sites for hydroxylation is 3. The fraction of sp³-hybridized carbons (Fsp3) is 0.600. The largest absolute Gasteiger partial charge is 0.467 e. The number of hydrogen-bond acceptors (Lipinski definition) is 6. The topological polar surface area (TPSA) is 73.3 Å². The van der Waals surface area contributed by atoms with Crippen molar-refractivity contribution >= 4 is 11.9 Å². The molecule has 0 atom stereocenters. The quantitative estimate of drug-likeness (QED) is 0.480. The smallest absolute Gasteiger partial charge is 0.334 e. The van der Waals surface area contributed by atoms with Crippen LogP contribution in [0.5, 0.6) is 0 Å². The molecule has 2 rings (SSSR count). The Morgan fingerprint density at radius 3 is 2.11 bits per heavy atom. The summed E-state index contributed by atoms with van der Waals surface area (Å²) in [5.74, 6) is -1.07. The van der Waals surface area contributed by atoms with Gasteiger partial charge in [-0.3, -0.25) is 10.0 Å². The Morgan fingerprint density at radius 1 is 1.15 bits per heavy atom. The van der Waals surface area contributed by atoms with Crippen molar-refractivity contribution in [1.29, 1.82) is 0 Å². The number of amides is 1. The van der Waals surface area contributed by atoms with E-state index in [1.54, 1.807) is 0 Å². The van der Waals surface area contributed by atoms with Crippen molar-refractivity contribution < 1.29 is 19.5 Å². The average molecular weight is 377 g/mol. The van der Waals surface area contributed by atoms with Crippen molar-refractivity contribution in [3.05, 3.63) is 34.4 Å². The van der Waals surface area contributed by atoms with Crippen LogP contribution in [0, 0.1) is 20.8 Å². The Balaban J connectivity index is 2.25. The third-order valence-corrected chi connectivity index (χ3v) is 5.51. The van der Waals surface area contributed by atoms with E-state index >= 15 is 0 Å². The standard InChI is InChI=1S/C20H31N3O4/c1-14-11-15(2)17(16(3)12-14)13-18(24)23(26)20(19(25)27-6)7-9-22(10-8-20)21(4)5/h11-12,26H,7-10,13H2,1-6H3. The number of hydrazine groups is 1. The van der Waals surface area contributed by atoms with Gasteiger partial charge >= 0.3 is 5.97 Å². The molecule has 0 radical (unpaired) electrons. The minimum Gasteiger partial charge on any atom is -0.467 e. The van der Waals surface area contributed by atoms with Gasteiger partial charge in [0.2, 0.25) is 0 Å². The number of rotatable bonds is 5. The number of carbonyl (C=O) groups is 2. The molecule has 7 nitrogen and oxygen atoms in total. The Morgan fingerprint density at radius 2 is 1.67 bits per heavy atom. The molecule has 1 aliphatic rings. The van der Waals surface area contributed by atoms with Gasteiger partial charge in [0.15, 0.2) is 5.54 Å². The highest BCUT2D eigenvalue weighted by molar-refractivity contribution is 5.88. The lowest BCUT2D eigenvalue weighted by atomic mass is 9.86. The summed E-state index contributed by atoms with van der Waals surface area (Å²) >= 11 is 0. The lowest BCUT2D eigenvalue weighted by Crippen LogP contribution is -2.62. The van der Waals surface area contributed by atoms with Gasteiger partial charge in [0.05, 0.1) is 13.5 Å². The van der Waals surface area contributed by atoms with E-state index in [9.17, 15) is 14.8 Å². The maximum Gasteiger partial charge on any atom is 0.334 e. The van der Waals surface area contributed by atoms with Crippen LogP contribution >= 0.6 is 0 Å². The molecule has 1 heterocycles. The molecule has 0 unspecified atom stereocenters. The van der Waals surface area contributed by atoms with Crippen molar-refractivity contribution in [2.75, 3.05) is 34.3 Å². The number of ether oxygens (including phenoxy) is 1. The Kier molecular flexibility index (Phi) is 6.62. The number of nitrogens with zero attached hydrogens (tertiary/aromatic N) is 3. The number of piperidine rings is 1. The molecule has 1 N–H and O–H groups in total. The Bertz CT molecular complexity index is 686. The fourth-order valence-electron chi connectivity index (χ4n) is 3.91. The number of carbonyl (C=O) groups excluding carboxylic acids is 2. The molecule has 150 valence electrons. The van der Waals surface area contributed by atoms with Gasteiger partial charge in [0.25, 0.3) is 5.91 Å². The molecule has 1 aromatic rings. The van der Waals surface area contributed by atoms with E-state index in [1.807, 2.05) is 52.0 Å². The molecule has 0 aromatic heterocycles. The van der Waals surface area contributed by atoms with Crippen LogP contribution in [0.25, 0.3) is 0 Å². The molecule has 0 aliphatic carbocycles. The maximum atomic E-state index is 12.9. The molecular formula is C20H31N3O4. The minimum atomic E-state index is -1.34. The number of esters is 1. The van der Waals surface area contributed by atoms with Crippen molar-refractivity contribution in [3.8, 4) is 0 Å². The first-order chi connectivity index (χ1) is 12.6. The van der Waals surface area contributed by atoms with Crippen LogP contribution < -0.4 is 0 Å². The molecule has 1 aromatic carbocycles. The summed E-state index contributed by atoms with van der Waals surface area (Å²) in [7, 11) is 5.14. The van der Waals surface area contributed by atoms with Gasteiger partial charge in [-0.2, -0.15) is 0 Å². The lowest BCUT2D eigenvalue weighted by molar-refractivity contribution is -0.217. The Hall–Kier alpha value is -1.96. The molecule has 1 fully saturated rings. The second-order valence-electron chi connectivity index (χ2n) is 7.58. The first-order valence-electron chi connectivity index (χ1n) is 9.21. The van der Waals surface area contributed by atoms with Crippen LogP contribution in [0.1, 0.15) is 35.1 Å². The number of benzene rings is 1. The second kappa shape index (κ2) is 8.37. The van der Waals surface area contributed by atoms with Gasteiger partial charge in [-0.05, 0) is 50.3 Å². The molecular weight excluding hydrogens is 346 g/mol. The summed E-state index contributed by atoms with van der Waals surface area (Å²) in [5.41, 5.74) is 2.68. The van der Waals surface area contributed by atoms with Gasteiger partial charge in [-0.15, -0.1) is 0 Å². The summed E-state index contributed by atoms with van der Waals surface area (Å²) in [5, 5.41) is 15.4. The van der Waals surface area contributed by atoms with Crippen LogP contribution in [-0.2, 0) is 20.7 Å². The second-order valence-corrected chi connectivity index (χ2v) is 7.58. The monoisotopic (exact) mass is 377 g/mol. The lowest BCUT2D eigenvalue weighted by Gasteiger charge is -2.44. The highest BCUT2D eigenvalue weighted by Crippen LogP contribution is 2.31. The van der Waals surface area contributed by atoms with E-state index in [1.165, 1.54) is 7.11 Å². The molecule has 1 amide bonds. The van der Waals surface area contributed by atoms with Crippen LogP contribution in [0.3, 0.4) is 0 Å². The van der Waals surface area contributed by atoms with E-state index < -0.39 is 17.4 Å². The summed E-state index contributed by atoms with van der Waals surface area (Å²) in [6, 6.07) is 4.03. The predicted molar refractivity (Wildman–Crippen MR) is 102 cm³/mol. The van der Waals surface area contributed by atoms with Gasteiger partial charge in [-0.25, -0.2) is 19.9 Å². The fourth-order valence-corrected chi connectivity index (χ4v) is 3.91. The van der Waals surface area contributed by atoms with Crippen molar-refractivity contribution in [1.82, 2.24) is 15.1 Å².